The van der Waals surface area contributed by atoms with Gasteiger partial charge in [-0.25, -0.2) is 9.78 Å². The van der Waals surface area contributed by atoms with Crippen LogP contribution >= 0.6 is 0 Å². The first-order chi connectivity index (χ1) is 12.5. The molecular weight excluding hydrogens is 330 g/mol. The van der Waals surface area contributed by atoms with E-state index in [-0.39, 0.29) is 6.03 Å². The number of hydrogen-bond donors (Lipinski definition) is 2. The average molecular weight is 355 g/mol. The summed E-state index contributed by atoms with van der Waals surface area (Å²) in [5.41, 5.74) is 2.48. The fourth-order valence-electron chi connectivity index (χ4n) is 2.97. The molecule has 0 bridgehead atoms. The van der Waals surface area contributed by atoms with E-state index in [1.165, 1.54) is 12.6 Å². The molecule has 0 unspecified atom stereocenters. The van der Waals surface area contributed by atoms with Crippen LogP contribution in [0.4, 0.5) is 16.3 Å². The number of anilines is 2. The van der Waals surface area contributed by atoms with E-state index in [1.807, 2.05) is 32.0 Å². The molecule has 2 N–H and O–H groups in total. The van der Waals surface area contributed by atoms with Crippen LogP contribution in [0.1, 0.15) is 24.1 Å². The summed E-state index contributed by atoms with van der Waals surface area (Å²) in [6.45, 7) is 5.53. The molecule has 1 aromatic heterocycles. The zero-order valence-electron chi connectivity index (χ0n) is 15.5. The summed E-state index contributed by atoms with van der Waals surface area (Å²) in [7, 11) is 2.12. The lowest BCUT2D eigenvalue weighted by Crippen LogP contribution is -2.30. The fourth-order valence-corrected chi connectivity index (χ4v) is 2.97. The van der Waals surface area contributed by atoms with Crippen LogP contribution in [0.15, 0.2) is 30.6 Å². The maximum atomic E-state index is 12.3. The molecule has 138 valence electrons. The van der Waals surface area contributed by atoms with Crippen molar-refractivity contribution in [3.05, 3.63) is 41.9 Å². The van der Waals surface area contributed by atoms with Gasteiger partial charge in [-0.3, -0.25) is 10.3 Å². The third-order valence-electron chi connectivity index (χ3n) is 4.51. The SMILES string of the molecule is Cc1ccc(OC[C@@H]2CCCN2C)c(NC(=O)Nc2cnc(C)cn2)c1. The topological polar surface area (TPSA) is 79.4 Å². The highest BCUT2D eigenvalue weighted by atomic mass is 16.5. The Morgan fingerprint density at radius 3 is 2.81 bits per heavy atom. The Morgan fingerprint density at radius 2 is 2.12 bits per heavy atom. The number of likely N-dealkylation sites (N-methyl/N-ethyl adjacent to an activating group) is 1. The predicted octanol–water partition coefficient (Wildman–Crippen LogP) is 3.21. The van der Waals surface area contributed by atoms with Gasteiger partial charge in [0, 0.05) is 6.04 Å². The number of likely N-dealkylation sites (tertiary alicyclic amines) is 1. The van der Waals surface area contributed by atoms with Gasteiger partial charge in [-0.05, 0) is 58.0 Å². The zero-order valence-corrected chi connectivity index (χ0v) is 15.5. The van der Waals surface area contributed by atoms with Gasteiger partial charge in [-0.15, -0.1) is 0 Å². The number of amides is 2. The second-order valence-corrected chi connectivity index (χ2v) is 6.71. The van der Waals surface area contributed by atoms with Gasteiger partial charge in [0.2, 0.25) is 0 Å². The maximum Gasteiger partial charge on any atom is 0.324 e. The molecule has 26 heavy (non-hydrogen) atoms. The van der Waals surface area contributed by atoms with Crippen LogP contribution in [0, 0.1) is 13.8 Å². The molecule has 1 fully saturated rings. The van der Waals surface area contributed by atoms with E-state index in [9.17, 15) is 4.79 Å². The highest BCUT2D eigenvalue weighted by Crippen LogP contribution is 2.27. The number of aromatic nitrogens is 2. The first kappa shape index (κ1) is 18.1. The van der Waals surface area contributed by atoms with Crippen molar-refractivity contribution in [2.24, 2.45) is 0 Å². The number of nitrogens with zero attached hydrogens (tertiary/aromatic N) is 3. The highest BCUT2D eigenvalue weighted by molar-refractivity contribution is 6.00. The zero-order chi connectivity index (χ0) is 18.5. The summed E-state index contributed by atoms with van der Waals surface area (Å²) in [6.07, 6.45) is 5.47. The normalized spacial score (nSPS) is 17.1. The molecule has 0 saturated carbocycles. The van der Waals surface area contributed by atoms with Crippen molar-refractivity contribution < 1.29 is 9.53 Å². The molecule has 1 aliphatic heterocycles. The third kappa shape index (κ3) is 4.70. The Bertz CT molecular complexity index is 763. The van der Waals surface area contributed by atoms with Crippen LogP contribution in [-0.2, 0) is 0 Å². The summed E-state index contributed by atoms with van der Waals surface area (Å²) in [5, 5.41) is 5.53. The Labute approximate surface area is 153 Å². The number of urea groups is 1. The number of hydrogen-bond acceptors (Lipinski definition) is 5. The minimum atomic E-state index is -0.378. The number of carbonyl (C=O) groups excluding carboxylic acids is 1. The van der Waals surface area contributed by atoms with Gasteiger partial charge in [0.05, 0.1) is 23.8 Å². The monoisotopic (exact) mass is 355 g/mol. The van der Waals surface area contributed by atoms with Gasteiger partial charge in [0.25, 0.3) is 0 Å². The molecule has 1 saturated heterocycles. The summed E-state index contributed by atoms with van der Waals surface area (Å²) in [5.74, 6) is 1.07. The molecule has 3 rings (SSSR count). The first-order valence-corrected chi connectivity index (χ1v) is 8.81. The van der Waals surface area contributed by atoms with Crippen molar-refractivity contribution in [3.63, 3.8) is 0 Å². The third-order valence-corrected chi connectivity index (χ3v) is 4.51. The van der Waals surface area contributed by atoms with Crippen LogP contribution < -0.4 is 15.4 Å². The van der Waals surface area contributed by atoms with E-state index in [0.717, 1.165) is 24.2 Å². The highest BCUT2D eigenvalue weighted by Gasteiger charge is 2.22. The number of carbonyl (C=O) groups is 1. The van der Waals surface area contributed by atoms with Crippen molar-refractivity contribution in [1.29, 1.82) is 0 Å². The Kier molecular flexibility index (Phi) is 5.68. The van der Waals surface area contributed by atoms with Crippen molar-refractivity contribution >= 4 is 17.5 Å². The first-order valence-electron chi connectivity index (χ1n) is 8.81. The summed E-state index contributed by atoms with van der Waals surface area (Å²) >= 11 is 0. The number of benzene rings is 1. The maximum absolute atomic E-state index is 12.3. The molecule has 1 aliphatic rings. The van der Waals surface area contributed by atoms with Gasteiger partial charge < -0.3 is 15.0 Å². The quantitative estimate of drug-likeness (QED) is 0.861. The second-order valence-electron chi connectivity index (χ2n) is 6.71. The molecule has 1 aromatic carbocycles. The van der Waals surface area contributed by atoms with E-state index in [4.69, 9.17) is 4.74 Å². The summed E-state index contributed by atoms with van der Waals surface area (Å²) in [4.78, 5) is 22.8. The molecule has 0 spiro atoms. The molecule has 1 atom stereocenters. The Balaban J connectivity index is 1.64. The van der Waals surface area contributed by atoms with Crippen LogP contribution in [0.5, 0.6) is 5.75 Å². The average Bonchev–Trinajstić information content (AvgIpc) is 3.01. The largest absolute Gasteiger partial charge is 0.490 e. The fraction of sp³-hybridized carbons (Fsp3) is 0.421. The van der Waals surface area contributed by atoms with E-state index in [1.54, 1.807) is 6.20 Å². The lowest BCUT2D eigenvalue weighted by molar-refractivity contribution is 0.199. The molecule has 2 heterocycles. The smallest absolute Gasteiger partial charge is 0.324 e. The molecule has 2 amide bonds. The van der Waals surface area contributed by atoms with Crippen LogP contribution in [0.25, 0.3) is 0 Å². The minimum Gasteiger partial charge on any atom is -0.490 e. The number of rotatable bonds is 5. The molecule has 7 nitrogen and oxygen atoms in total. The molecule has 7 heteroatoms. The van der Waals surface area contributed by atoms with E-state index in [2.05, 4.69) is 32.5 Å². The van der Waals surface area contributed by atoms with E-state index in [0.29, 0.717) is 29.9 Å². The Hall–Kier alpha value is -2.67. The molecule has 2 aromatic rings. The van der Waals surface area contributed by atoms with E-state index >= 15 is 0 Å². The molecule has 0 aliphatic carbocycles. The predicted molar refractivity (Wildman–Crippen MR) is 102 cm³/mol. The van der Waals surface area contributed by atoms with Gasteiger partial charge in [0.1, 0.15) is 12.4 Å². The number of nitrogens with one attached hydrogen (secondary N) is 2. The van der Waals surface area contributed by atoms with Gasteiger partial charge in [-0.2, -0.15) is 0 Å². The lowest BCUT2D eigenvalue weighted by Gasteiger charge is -2.21. The number of aryl methyl sites for hydroxylation is 2. The second kappa shape index (κ2) is 8.14. The Morgan fingerprint density at radius 1 is 1.27 bits per heavy atom. The van der Waals surface area contributed by atoms with Crippen LogP contribution in [0.2, 0.25) is 0 Å². The van der Waals surface area contributed by atoms with E-state index < -0.39 is 0 Å². The van der Waals surface area contributed by atoms with Gasteiger partial charge >= 0.3 is 6.03 Å². The van der Waals surface area contributed by atoms with Gasteiger partial charge in [0.15, 0.2) is 5.82 Å². The standard InChI is InChI=1S/C19H25N5O2/c1-13-6-7-17(26-12-15-5-4-8-24(15)3)16(9-13)22-19(25)23-18-11-20-14(2)10-21-18/h6-7,9-11,15H,4-5,8,12H2,1-3H3,(H2,21,22,23,25)/t15-/m0/s1. The van der Waals surface area contributed by atoms with Crippen molar-refractivity contribution in [2.45, 2.75) is 32.7 Å². The van der Waals surface area contributed by atoms with Crippen molar-refractivity contribution in [3.8, 4) is 5.75 Å². The summed E-state index contributed by atoms with van der Waals surface area (Å²) in [6, 6.07) is 5.81. The molecular formula is C19H25N5O2. The summed E-state index contributed by atoms with van der Waals surface area (Å²) < 4.78 is 6.00. The van der Waals surface area contributed by atoms with Crippen LogP contribution in [0.3, 0.4) is 0 Å². The molecule has 0 radical (unpaired) electrons. The number of ether oxygens (including phenoxy) is 1. The minimum absolute atomic E-state index is 0.378. The van der Waals surface area contributed by atoms with Crippen molar-refractivity contribution in [2.75, 3.05) is 30.8 Å². The van der Waals surface area contributed by atoms with Crippen LogP contribution in [-0.4, -0.2) is 47.1 Å². The van der Waals surface area contributed by atoms with Crippen molar-refractivity contribution in [1.82, 2.24) is 14.9 Å². The van der Waals surface area contributed by atoms with Gasteiger partial charge in [-0.1, -0.05) is 6.07 Å². The lowest BCUT2D eigenvalue weighted by atomic mass is 10.2.